The number of hydrogen-bond acceptors (Lipinski definition) is 0. The summed E-state index contributed by atoms with van der Waals surface area (Å²) in [5.41, 5.74) is 8.11. The first-order valence-corrected chi connectivity index (χ1v) is 13.6. The summed E-state index contributed by atoms with van der Waals surface area (Å²) in [6.45, 7) is 8.59. The summed E-state index contributed by atoms with van der Waals surface area (Å²) in [6.07, 6.45) is 0. The van der Waals surface area contributed by atoms with Crippen LogP contribution in [-0.4, -0.2) is 3.21 Å². The molecular formula is C35H32Cl2Zr-2. The number of fused-ring (bicyclic) bond motifs is 2. The predicted molar refractivity (Wildman–Crippen MR) is 154 cm³/mol. The van der Waals surface area contributed by atoms with Crippen LogP contribution in [0.25, 0.3) is 21.5 Å². The van der Waals surface area contributed by atoms with E-state index in [1.807, 2.05) is 0 Å². The van der Waals surface area contributed by atoms with Crippen LogP contribution in [0, 0.1) is 27.7 Å². The molecule has 0 unspecified atom stereocenters. The predicted octanol–water partition coefficient (Wildman–Crippen LogP) is 3.16. The fourth-order valence-corrected chi connectivity index (χ4v) is 5.28. The molecule has 0 aliphatic carbocycles. The van der Waals surface area contributed by atoms with Gasteiger partial charge in [-0.1, -0.05) is 37.1 Å². The molecule has 0 heterocycles. The zero-order valence-electron chi connectivity index (χ0n) is 22.3. The number of benzene rings is 4. The topological polar surface area (TPSA) is 0 Å². The first-order valence-electron chi connectivity index (χ1n) is 12.4. The van der Waals surface area contributed by atoms with Gasteiger partial charge in [-0.25, -0.2) is 0 Å². The molecule has 6 rings (SSSR count). The summed E-state index contributed by atoms with van der Waals surface area (Å²) in [6, 6.07) is 42.9. The molecule has 3 heteroatoms. The van der Waals surface area contributed by atoms with Crippen LogP contribution in [0.4, 0.5) is 0 Å². The Bertz CT molecular complexity index is 1460. The molecule has 0 fully saturated rings. The molecule has 0 radical (unpaired) electrons. The number of halogens is 2. The van der Waals surface area contributed by atoms with Crippen LogP contribution in [0.3, 0.4) is 0 Å². The van der Waals surface area contributed by atoms with Crippen LogP contribution in [0.5, 0.6) is 0 Å². The van der Waals surface area contributed by atoms with E-state index in [0.29, 0.717) is 0 Å². The number of aryl methyl sites for hydroxylation is 4. The number of rotatable bonds is 2. The first-order chi connectivity index (χ1) is 17.4. The van der Waals surface area contributed by atoms with E-state index in [-0.39, 0.29) is 24.8 Å². The van der Waals surface area contributed by atoms with Crippen molar-refractivity contribution in [3.63, 3.8) is 0 Å². The van der Waals surface area contributed by atoms with Crippen LogP contribution in [0.15, 0.2) is 121 Å². The van der Waals surface area contributed by atoms with Gasteiger partial charge in [-0.05, 0) is 13.8 Å². The van der Waals surface area contributed by atoms with Gasteiger partial charge in [0.1, 0.15) is 0 Å². The molecule has 192 valence electrons. The van der Waals surface area contributed by atoms with Crippen molar-refractivity contribution >= 4 is 24.8 Å². The van der Waals surface area contributed by atoms with Crippen LogP contribution in [0.2, 0.25) is 0 Å². The minimum absolute atomic E-state index is 0. The maximum absolute atomic E-state index is 2.24. The van der Waals surface area contributed by atoms with Gasteiger partial charge in [0.05, 0.1) is 0 Å². The second-order valence-corrected chi connectivity index (χ2v) is 10.6. The van der Waals surface area contributed by atoms with Crippen LogP contribution in [-0.2, 0) is 24.2 Å². The average molecular weight is 615 g/mol. The van der Waals surface area contributed by atoms with Crippen molar-refractivity contribution in [2.45, 2.75) is 27.7 Å². The summed E-state index contributed by atoms with van der Waals surface area (Å²) in [7, 11) is 0. The van der Waals surface area contributed by atoms with Crippen molar-refractivity contribution < 1.29 is 49.0 Å². The van der Waals surface area contributed by atoms with E-state index in [0.717, 1.165) is 0 Å². The van der Waals surface area contributed by atoms with E-state index in [9.17, 15) is 0 Å². The van der Waals surface area contributed by atoms with Gasteiger partial charge in [0.25, 0.3) is 0 Å². The summed E-state index contributed by atoms with van der Waals surface area (Å²) in [5, 5.41) is 5.51. The Morgan fingerprint density at radius 1 is 0.500 bits per heavy atom. The Morgan fingerprint density at radius 3 is 1.21 bits per heavy atom. The van der Waals surface area contributed by atoms with Crippen LogP contribution >= 0.6 is 0 Å². The molecule has 0 N–H and O–H groups in total. The molecule has 0 aromatic heterocycles. The molecule has 0 saturated carbocycles. The van der Waals surface area contributed by atoms with Gasteiger partial charge in [0.2, 0.25) is 0 Å². The zero-order chi connectivity index (χ0) is 25.5. The first kappa shape index (κ1) is 31.6. The molecule has 0 aliphatic rings. The Hall–Kier alpha value is -2.57. The maximum atomic E-state index is 2.24. The molecular weight excluding hydrogens is 583 g/mol. The number of hydrogen-bond donors (Lipinski definition) is 0. The second kappa shape index (κ2) is 15.1. The van der Waals surface area contributed by atoms with Gasteiger partial charge >= 0.3 is 99.2 Å². The third-order valence-electron chi connectivity index (χ3n) is 6.35. The molecule has 0 amide bonds. The van der Waals surface area contributed by atoms with E-state index in [4.69, 9.17) is 0 Å². The molecule has 6 aromatic rings. The second-order valence-electron chi connectivity index (χ2n) is 9.33. The summed E-state index contributed by atoms with van der Waals surface area (Å²) in [4.78, 5) is 0. The molecule has 0 saturated heterocycles. The van der Waals surface area contributed by atoms with Crippen molar-refractivity contribution in [3.05, 3.63) is 155 Å². The Morgan fingerprint density at radius 2 is 0.868 bits per heavy atom. The van der Waals surface area contributed by atoms with E-state index >= 15 is 0 Å². The quantitative estimate of drug-likeness (QED) is 0.263. The van der Waals surface area contributed by atoms with Crippen LogP contribution in [0.1, 0.15) is 33.4 Å². The van der Waals surface area contributed by atoms with Gasteiger partial charge < -0.3 is 24.8 Å². The Balaban J connectivity index is 0.000000197. The fraction of sp³-hybridized carbons (Fsp3) is 0.114. The van der Waals surface area contributed by atoms with Gasteiger partial charge in [-0.3, -0.25) is 0 Å². The zero-order valence-corrected chi connectivity index (χ0v) is 26.3. The summed E-state index contributed by atoms with van der Waals surface area (Å²) < 4.78 is 1.42. The van der Waals surface area contributed by atoms with E-state index < -0.39 is 0 Å². The molecule has 0 aliphatic heterocycles. The van der Waals surface area contributed by atoms with E-state index in [2.05, 4.69) is 149 Å². The molecule has 0 spiro atoms. The summed E-state index contributed by atoms with van der Waals surface area (Å²) in [5.74, 6) is 0. The van der Waals surface area contributed by atoms with Gasteiger partial charge in [-0.15, -0.1) is 69.1 Å². The van der Waals surface area contributed by atoms with Crippen molar-refractivity contribution in [2.75, 3.05) is 0 Å². The van der Waals surface area contributed by atoms with Crippen LogP contribution < -0.4 is 24.8 Å². The summed E-state index contributed by atoms with van der Waals surface area (Å²) >= 11 is 1.46. The van der Waals surface area contributed by atoms with Gasteiger partial charge in [0.15, 0.2) is 0 Å². The SMILES string of the molecule is Cc1cc2c(C)cccc2[cH-]1.Cc1cc2c(C)cccc2[cH-]1.[Cl-].[Cl-].[Zr+2]=[C](c1ccccc1)c1ccccc1. The fourth-order valence-electron chi connectivity index (χ4n) is 4.46. The van der Waals surface area contributed by atoms with Gasteiger partial charge in [0, 0.05) is 0 Å². The standard InChI is InChI=1S/C13H10.2C11H11.2ClH.Zr/c1-3-7-12(8-4-1)11-13-9-5-2-6-10-13;2*1-8-6-10-5-3-4-9(2)11(10)7-8;;;/h1-10H;2*3-7H,1-2H3;2*1H;/q;2*-1;;;+2/p-2. The van der Waals surface area contributed by atoms with E-state index in [1.165, 1.54) is 82.4 Å². The van der Waals surface area contributed by atoms with Crippen molar-refractivity contribution in [3.8, 4) is 0 Å². The Labute approximate surface area is 254 Å². The minimum atomic E-state index is 0. The Kier molecular flexibility index (Phi) is 12.6. The van der Waals surface area contributed by atoms with Crippen molar-refractivity contribution in [1.82, 2.24) is 0 Å². The van der Waals surface area contributed by atoms with Crippen molar-refractivity contribution in [1.29, 1.82) is 0 Å². The monoisotopic (exact) mass is 612 g/mol. The third-order valence-corrected chi connectivity index (χ3v) is 7.77. The normalized spacial score (nSPS) is 9.84. The molecule has 6 aromatic carbocycles. The van der Waals surface area contributed by atoms with E-state index in [1.54, 1.807) is 0 Å². The molecule has 38 heavy (non-hydrogen) atoms. The molecule has 0 nitrogen and oxygen atoms in total. The molecule has 0 atom stereocenters. The van der Waals surface area contributed by atoms with Gasteiger partial charge in [-0.2, -0.15) is 12.1 Å². The average Bonchev–Trinajstić information content (AvgIpc) is 3.48. The van der Waals surface area contributed by atoms with Crippen molar-refractivity contribution in [2.24, 2.45) is 0 Å². The third kappa shape index (κ3) is 8.21. The molecule has 0 bridgehead atoms.